The van der Waals surface area contributed by atoms with Gasteiger partial charge in [0.2, 0.25) is 0 Å². The van der Waals surface area contributed by atoms with Gasteiger partial charge >= 0.3 is 6.18 Å². The molecule has 0 aliphatic carbocycles. The van der Waals surface area contributed by atoms with Crippen LogP contribution in [0, 0.1) is 0 Å². The van der Waals surface area contributed by atoms with Crippen LogP contribution in [0.15, 0.2) is 72.8 Å². The zero-order valence-corrected chi connectivity index (χ0v) is 17.5. The first-order valence-electron chi connectivity index (χ1n) is 9.79. The number of benzene rings is 3. The van der Waals surface area contributed by atoms with Crippen molar-refractivity contribution in [1.29, 1.82) is 0 Å². The number of alkyl halides is 3. The van der Waals surface area contributed by atoms with E-state index in [4.69, 9.17) is 0 Å². The highest BCUT2D eigenvalue weighted by molar-refractivity contribution is 6.00. The van der Waals surface area contributed by atoms with Crippen LogP contribution in [-0.4, -0.2) is 30.8 Å². The molecule has 5 nitrogen and oxygen atoms in total. The number of para-hydroxylation sites is 1. The smallest absolute Gasteiger partial charge is 0.355 e. The number of amides is 2. The summed E-state index contributed by atoms with van der Waals surface area (Å²) in [4.78, 5) is 26.2. The van der Waals surface area contributed by atoms with Crippen molar-refractivity contribution in [2.24, 2.45) is 0 Å². The Bertz CT molecular complexity index is 1110. The van der Waals surface area contributed by atoms with Crippen LogP contribution < -0.4 is 10.6 Å². The highest BCUT2D eigenvalue weighted by atomic mass is 19.4. The Kier molecular flexibility index (Phi) is 6.82. The van der Waals surface area contributed by atoms with Gasteiger partial charge in [-0.15, -0.1) is 0 Å². The van der Waals surface area contributed by atoms with Crippen molar-refractivity contribution < 1.29 is 22.8 Å². The molecule has 3 rings (SSSR count). The number of hydrogen-bond donors (Lipinski definition) is 2. The van der Waals surface area contributed by atoms with E-state index in [2.05, 4.69) is 10.6 Å². The molecule has 0 bridgehead atoms. The summed E-state index contributed by atoms with van der Waals surface area (Å²) in [7, 11) is 3.18. The minimum absolute atomic E-state index is 0.199. The number of halogens is 3. The van der Waals surface area contributed by atoms with Crippen molar-refractivity contribution in [3.63, 3.8) is 0 Å². The summed E-state index contributed by atoms with van der Waals surface area (Å²) >= 11 is 0. The first-order valence-corrected chi connectivity index (χ1v) is 9.79. The quantitative estimate of drug-likeness (QED) is 0.561. The monoisotopic (exact) mass is 441 g/mol. The second-order valence-electron chi connectivity index (χ2n) is 7.19. The van der Waals surface area contributed by atoms with Gasteiger partial charge < -0.3 is 15.5 Å². The van der Waals surface area contributed by atoms with Crippen LogP contribution in [0.5, 0.6) is 0 Å². The minimum Gasteiger partial charge on any atom is -0.355 e. The van der Waals surface area contributed by atoms with Crippen molar-refractivity contribution in [3.8, 4) is 0 Å². The molecule has 0 saturated heterocycles. The third-order valence-electron chi connectivity index (χ3n) is 4.84. The van der Waals surface area contributed by atoms with Gasteiger partial charge in [0.1, 0.15) is 0 Å². The van der Waals surface area contributed by atoms with Gasteiger partial charge in [0.15, 0.2) is 0 Å². The van der Waals surface area contributed by atoms with Crippen LogP contribution in [0.3, 0.4) is 0 Å². The van der Waals surface area contributed by atoms with E-state index in [1.54, 1.807) is 62.6 Å². The van der Waals surface area contributed by atoms with Gasteiger partial charge in [0, 0.05) is 31.9 Å². The lowest BCUT2D eigenvalue weighted by atomic mass is 10.1. The molecular formula is C24H22F3N3O2. The van der Waals surface area contributed by atoms with E-state index >= 15 is 0 Å². The summed E-state index contributed by atoms with van der Waals surface area (Å²) < 4.78 is 39.0. The van der Waals surface area contributed by atoms with Crippen LogP contribution >= 0.6 is 0 Å². The predicted molar refractivity (Wildman–Crippen MR) is 117 cm³/mol. The van der Waals surface area contributed by atoms with Gasteiger partial charge in [0.25, 0.3) is 11.8 Å². The fraction of sp³-hybridized carbons (Fsp3) is 0.167. The number of carbonyl (C=O) groups excluding carboxylic acids is 2. The Hall–Kier alpha value is -3.81. The van der Waals surface area contributed by atoms with Crippen molar-refractivity contribution in [2.45, 2.75) is 12.7 Å². The molecule has 0 aromatic heterocycles. The number of carbonyl (C=O) groups is 2. The molecule has 0 heterocycles. The van der Waals surface area contributed by atoms with Gasteiger partial charge in [-0.1, -0.05) is 30.3 Å². The van der Waals surface area contributed by atoms with Crippen LogP contribution in [0.25, 0.3) is 0 Å². The summed E-state index contributed by atoms with van der Waals surface area (Å²) in [5, 5.41) is 5.47. The van der Waals surface area contributed by atoms with Gasteiger partial charge in [-0.25, -0.2) is 0 Å². The molecule has 0 fully saturated rings. The Morgan fingerprint density at radius 2 is 1.62 bits per heavy atom. The van der Waals surface area contributed by atoms with Gasteiger partial charge in [-0.2, -0.15) is 13.2 Å². The molecule has 3 aromatic rings. The zero-order valence-electron chi connectivity index (χ0n) is 17.5. The van der Waals surface area contributed by atoms with Crippen LogP contribution in [-0.2, 0) is 12.7 Å². The Labute approximate surface area is 183 Å². The van der Waals surface area contributed by atoms with E-state index in [1.807, 2.05) is 0 Å². The molecule has 0 saturated carbocycles. The van der Waals surface area contributed by atoms with Gasteiger partial charge in [0.05, 0.1) is 16.8 Å². The number of rotatable bonds is 6. The third-order valence-corrected chi connectivity index (χ3v) is 4.84. The van der Waals surface area contributed by atoms with Gasteiger partial charge in [-0.05, 0) is 48.0 Å². The number of anilines is 2. The summed E-state index contributed by atoms with van der Waals surface area (Å²) in [5.74, 6) is -0.494. The van der Waals surface area contributed by atoms with E-state index in [0.29, 0.717) is 23.4 Å². The highest BCUT2D eigenvalue weighted by Crippen LogP contribution is 2.32. The molecule has 3 aromatic carbocycles. The Morgan fingerprint density at radius 3 is 2.28 bits per heavy atom. The lowest BCUT2D eigenvalue weighted by Crippen LogP contribution is -2.27. The Balaban J connectivity index is 1.77. The van der Waals surface area contributed by atoms with Crippen molar-refractivity contribution >= 4 is 23.2 Å². The summed E-state index contributed by atoms with van der Waals surface area (Å²) in [6.07, 6.45) is -4.46. The average Bonchev–Trinajstić information content (AvgIpc) is 2.78. The van der Waals surface area contributed by atoms with E-state index in [-0.39, 0.29) is 17.5 Å². The molecular weight excluding hydrogens is 419 g/mol. The second kappa shape index (κ2) is 9.55. The topological polar surface area (TPSA) is 61.4 Å². The van der Waals surface area contributed by atoms with Crippen LogP contribution in [0.2, 0.25) is 0 Å². The van der Waals surface area contributed by atoms with Crippen molar-refractivity contribution in [2.75, 3.05) is 19.4 Å². The van der Waals surface area contributed by atoms with Crippen molar-refractivity contribution in [1.82, 2.24) is 10.2 Å². The van der Waals surface area contributed by atoms with E-state index < -0.39 is 11.7 Å². The highest BCUT2D eigenvalue weighted by Gasteiger charge is 2.30. The number of nitrogens with one attached hydrogen (secondary N) is 2. The molecule has 8 heteroatoms. The standard InChI is InChI=1S/C24H22F3N3O2/c1-28-22(31)17-12-10-16(11-13-17)15-30(2)23(32)20-8-3-4-9-21(20)29-19-7-5-6-18(14-19)24(25,26)27/h3-14,29H,15H2,1-2H3,(H,28,31). The molecule has 2 N–H and O–H groups in total. The molecule has 0 aliphatic rings. The van der Waals surface area contributed by atoms with Gasteiger partial charge in [-0.3, -0.25) is 9.59 Å². The molecule has 0 radical (unpaired) electrons. The number of nitrogens with zero attached hydrogens (tertiary/aromatic N) is 1. The molecule has 0 aliphatic heterocycles. The summed E-state index contributed by atoms with van der Waals surface area (Å²) in [6, 6.07) is 18.3. The van der Waals surface area contributed by atoms with E-state index in [0.717, 1.165) is 17.7 Å². The third kappa shape index (κ3) is 5.46. The second-order valence-corrected chi connectivity index (χ2v) is 7.19. The lowest BCUT2D eigenvalue weighted by Gasteiger charge is -2.20. The van der Waals surface area contributed by atoms with E-state index in [1.165, 1.54) is 17.0 Å². The summed E-state index contributed by atoms with van der Waals surface area (Å²) in [5.41, 5.74) is 1.53. The predicted octanol–water partition coefficient (Wildman–Crippen LogP) is 5.08. The first-order chi connectivity index (χ1) is 15.2. The SMILES string of the molecule is CNC(=O)c1ccc(CN(C)C(=O)c2ccccc2Nc2cccc(C(F)(F)F)c2)cc1. The lowest BCUT2D eigenvalue weighted by molar-refractivity contribution is -0.137. The van der Waals surface area contributed by atoms with Crippen molar-refractivity contribution in [3.05, 3.63) is 95.1 Å². The molecule has 0 spiro atoms. The molecule has 2 amide bonds. The normalized spacial score (nSPS) is 11.0. The minimum atomic E-state index is -4.46. The average molecular weight is 441 g/mol. The fourth-order valence-corrected chi connectivity index (χ4v) is 3.16. The number of hydrogen-bond acceptors (Lipinski definition) is 3. The maximum atomic E-state index is 13.0. The fourth-order valence-electron chi connectivity index (χ4n) is 3.16. The maximum absolute atomic E-state index is 13.0. The van der Waals surface area contributed by atoms with Crippen LogP contribution in [0.1, 0.15) is 31.8 Å². The molecule has 166 valence electrons. The molecule has 0 unspecified atom stereocenters. The Morgan fingerprint density at radius 1 is 0.938 bits per heavy atom. The molecule has 32 heavy (non-hydrogen) atoms. The van der Waals surface area contributed by atoms with Crippen LogP contribution in [0.4, 0.5) is 24.5 Å². The maximum Gasteiger partial charge on any atom is 0.416 e. The first kappa shape index (κ1) is 22.9. The molecule has 0 atom stereocenters. The zero-order chi connectivity index (χ0) is 23.3. The largest absolute Gasteiger partial charge is 0.416 e. The summed E-state index contributed by atoms with van der Waals surface area (Å²) in [6.45, 7) is 0.296. The van der Waals surface area contributed by atoms with E-state index in [9.17, 15) is 22.8 Å².